The van der Waals surface area contributed by atoms with Crippen LogP contribution in [0.2, 0.25) is 0 Å². The van der Waals surface area contributed by atoms with Gasteiger partial charge in [0.05, 0.1) is 5.56 Å². The number of nitrogens with two attached hydrogens (primary N) is 2. The Kier molecular flexibility index (Phi) is 3.09. The minimum atomic E-state index is -1.19. The lowest BCUT2D eigenvalue weighted by Crippen LogP contribution is -2.51. The van der Waals surface area contributed by atoms with E-state index in [0.717, 1.165) is 0 Å². The molecule has 0 saturated carbocycles. The number of anilines is 2. The van der Waals surface area contributed by atoms with Gasteiger partial charge in [-0.3, -0.25) is 4.79 Å². The van der Waals surface area contributed by atoms with Crippen LogP contribution in [0.3, 0.4) is 0 Å². The molecule has 0 aliphatic carbocycles. The molecule has 0 radical (unpaired) electrons. The molecule has 102 valence electrons. The first kappa shape index (κ1) is 13.2. The fourth-order valence-corrected chi connectivity index (χ4v) is 2.48. The molecule has 5 N–H and O–H groups in total. The zero-order chi connectivity index (χ0) is 14.2. The van der Waals surface area contributed by atoms with Crippen molar-refractivity contribution in [1.82, 2.24) is 4.90 Å². The number of aliphatic carboxylic acids is 1. The third-order valence-corrected chi connectivity index (χ3v) is 3.69. The van der Waals surface area contributed by atoms with Crippen molar-refractivity contribution in [3.05, 3.63) is 23.8 Å². The summed E-state index contributed by atoms with van der Waals surface area (Å²) in [4.78, 5) is 25.2. The predicted octanol–water partition coefficient (Wildman–Crippen LogP) is 0.930. The molecule has 2 rings (SSSR count). The Morgan fingerprint density at radius 1 is 1.32 bits per heavy atom. The second-order valence-electron chi connectivity index (χ2n) is 4.95. The van der Waals surface area contributed by atoms with Crippen molar-refractivity contribution in [2.75, 3.05) is 18.0 Å². The molecular weight excluding hydrogens is 246 g/mol. The van der Waals surface area contributed by atoms with Crippen LogP contribution in [0.25, 0.3) is 0 Å². The van der Waals surface area contributed by atoms with Gasteiger partial charge in [0, 0.05) is 17.9 Å². The Bertz CT molecular complexity index is 524. The topological polar surface area (TPSA) is 110 Å². The van der Waals surface area contributed by atoms with Crippen LogP contribution in [0, 0.1) is 0 Å². The molecule has 1 atom stereocenters. The Hall–Kier alpha value is -2.24. The van der Waals surface area contributed by atoms with Crippen LogP contribution >= 0.6 is 0 Å². The molecule has 1 aliphatic rings. The molecule has 1 fully saturated rings. The van der Waals surface area contributed by atoms with Gasteiger partial charge in [-0.15, -0.1) is 0 Å². The third kappa shape index (κ3) is 1.99. The first-order valence-corrected chi connectivity index (χ1v) is 6.07. The number of hydrogen-bond donors (Lipinski definition) is 3. The third-order valence-electron chi connectivity index (χ3n) is 3.69. The van der Waals surface area contributed by atoms with Crippen molar-refractivity contribution in [2.45, 2.75) is 25.3 Å². The van der Waals surface area contributed by atoms with Gasteiger partial charge in [-0.1, -0.05) is 6.07 Å². The van der Waals surface area contributed by atoms with E-state index >= 15 is 0 Å². The summed E-state index contributed by atoms with van der Waals surface area (Å²) in [7, 11) is 0. The molecule has 1 aromatic rings. The first-order chi connectivity index (χ1) is 8.88. The van der Waals surface area contributed by atoms with E-state index in [1.54, 1.807) is 25.1 Å². The molecule has 0 aromatic heterocycles. The van der Waals surface area contributed by atoms with Crippen molar-refractivity contribution in [3.63, 3.8) is 0 Å². The van der Waals surface area contributed by atoms with Gasteiger partial charge in [0.1, 0.15) is 5.54 Å². The highest BCUT2D eigenvalue weighted by atomic mass is 16.4. The second-order valence-corrected chi connectivity index (χ2v) is 4.95. The highest BCUT2D eigenvalue weighted by Crippen LogP contribution is 2.33. The van der Waals surface area contributed by atoms with Crippen LogP contribution in [0.1, 0.15) is 30.1 Å². The average molecular weight is 263 g/mol. The van der Waals surface area contributed by atoms with Gasteiger partial charge < -0.3 is 21.5 Å². The van der Waals surface area contributed by atoms with E-state index in [1.807, 2.05) is 0 Å². The van der Waals surface area contributed by atoms with E-state index < -0.39 is 17.4 Å². The molecule has 0 bridgehead atoms. The van der Waals surface area contributed by atoms with Crippen LogP contribution in [-0.2, 0) is 4.79 Å². The van der Waals surface area contributed by atoms with Crippen molar-refractivity contribution in [1.29, 1.82) is 0 Å². The van der Waals surface area contributed by atoms with Crippen molar-refractivity contribution < 1.29 is 14.7 Å². The number of carbonyl (C=O) groups is 2. The van der Waals surface area contributed by atoms with Crippen molar-refractivity contribution >= 4 is 23.3 Å². The fraction of sp³-hybridized carbons (Fsp3) is 0.385. The smallest absolute Gasteiger partial charge is 0.329 e. The van der Waals surface area contributed by atoms with Gasteiger partial charge in [-0.25, -0.2) is 4.79 Å². The van der Waals surface area contributed by atoms with Gasteiger partial charge in [0.15, 0.2) is 0 Å². The first-order valence-electron chi connectivity index (χ1n) is 6.07. The molecule has 0 spiro atoms. The number of hydrogen-bond acceptors (Lipinski definition) is 4. The molecule has 6 heteroatoms. The standard InChI is InChI=1S/C13H17N3O3/c1-13(12(18)19)6-3-7-16(13)11(17)10-8(14)4-2-5-9(10)15/h2,4-5H,3,6-7,14-15H2,1H3,(H,18,19). The lowest BCUT2D eigenvalue weighted by atomic mass is 9.98. The molecular formula is C13H17N3O3. The summed E-state index contributed by atoms with van der Waals surface area (Å²) >= 11 is 0. The quantitative estimate of drug-likeness (QED) is 0.687. The van der Waals surface area contributed by atoms with Crippen LogP contribution in [0.5, 0.6) is 0 Å². The SMILES string of the molecule is CC1(C(=O)O)CCCN1C(=O)c1c(N)cccc1N. The zero-order valence-corrected chi connectivity index (χ0v) is 10.7. The Balaban J connectivity index is 2.42. The summed E-state index contributed by atoms with van der Waals surface area (Å²) in [5, 5.41) is 9.32. The Morgan fingerprint density at radius 2 is 1.89 bits per heavy atom. The average Bonchev–Trinajstić information content (AvgIpc) is 2.72. The summed E-state index contributed by atoms with van der Waals surface area (Å²) < 4.78 is 0. The Morgan fingerprint density at radius 3 is 2.42 bits per heavy atom. The number of rotatable bonds is 2. The van der Waals surface area contributed by atoms with Crippen LogP contribution in [-0.4, -0.2) is 34.0 Å². The molecule has 1 unspecified atom stereocenters. The van der Waals surface area contributed by atoms with E-state index in [-0.39, 0.29) is 16.9 Å². The zero-order valence-electron chi connectivity index (χ0n) is 10.7. The maximum atomic E-state index is 12.5. The van der Waals surface area contributed by atoms with Crippen LogP contribution in [0.4, 0.5) is 11.4 Å². The van der Waals surface area contributed by atoms with E-state index in [2.05, 4.69) is 0 Å². The second kappa shape index (κ2) is 4.46. The normalized spacial score (nSPS) is 22.5. The van der Waals surface area contributed by atoms with E-state index in [4.69, 9.17) is 11.5 Å². The summed E-state index contributed by atoms with van der Waals surface area (Å²) in [6, 6.07) is 4.82. The fourth-order valence-electron chi connectivity index (χ4n) is 2.48. The molecule has 1 aliphatic heterocycles. The number of nitrogens with zero attached hydrogens (tertiary/aromatic N) is 1. The highest BCUT2D eigenvalue weighted by Gasteiger charge is 2.46. The van der Waals surface area contributed by atoms with E-state index in [9.17, 15) is 14.7 Å². The lowest BCUT2D eigenvalue weighted by Gasteiger charge is -2.31. The number of benzene rings is 1. The van der Waals surface area contributed by atoms with Crippen molar-refractivity contribution in [2.24, 2.45) is 0 Å². The Labute approximate surface area is 111 Å². The van der Waals surface area contributed by atoms with E-state index in [1.165, 1.54) is 4.90 Å². The summed E-state index contributed by atoms with van der Waals surface area (Å²) in [6.45, 7) is 1.95. The summed E-state index contributed by atoms with van der Waals surface area (Å²) in [5.74, 6) is -1.43. The maximum Gasteiger partial charge on any atom is 0.329 e. The molecule has 1 saturated heterocycles. The molecule has 1 heterocycles. The van der Waals surface area contributed by atoms with Gasteiger partial charge in [-0.05, 0) is 31.9 Å². The van der Waals surface area contributed by atoms with Crippen LogP contribution in [0.15, 0.2) is 18.2 Å². The number of carboxylic acids is 1. The number of nitrogen functional groups attached to an aromatic ring is 2. The maximum absolute atomic E-state index is 12.5. The lowest BCUT2D eigenvalue weighted by molar-refractivity contribution is -0.147. The summed E-state index contributed by atoms with van der Waals surface area (Å²) in [5.41, 5.74) is 11.1. The molecule has 19 heavy (non-hydrogen) atoms. The van der Waals surface area contributed by atoms with E-state index in [0.29, 0.717) is 19.4 Å². The summed E-state index contributed by atoms with van der Waals surface area (Å²) in [6.07, 6.45) is 1.09. The minimum absolute atomic E-state index is 0.192. The van der Waals surface area contributed by atoms with Gasteiger partial charge in [-0.2, -0.15) is 0 Å². The van der Waals surface area contributed by atoms with Gasteiger partial charge >= 0.3 is 5.97 Å². The monoisotopic (exact) mass is 263 g/mol. The van der Waals surface area contributed by atoms with Crippen LogP contribution < -0.4 is 11.5 Å². The number of likely N-dealkylation sites (tertiary alicyclic amines) is 1. The number of carbonyl (C=O) groups excluding carboxylic acids is 1. The number of carboxylic acid groups (broad SMARTS) is 1. The van der Waals surface area contributed by atoms with Gasteiger partial charge in [0.25, 0.3) is 5.91 Å². The minimum Gasteiger partial charge on any atom is -0.480 e. The highest BCUT2D eigenvalue weighted by molar-refractivity contribution is 6.06. The molecule has 6 nitrogen and oxygen atoms in total. The molecule has 1 aromatic carbocycles. The predicted molar refractivity (Wildman–Crippen MR) is 71.6 cm³/mol. The van der Waals surface area contributed by atoms with Crippen molar-refractivity contribution in [3.8, 4) is 0 Å². The molecule has 1 amide bonds. The largest absolute Gasteiger partial charge is 0.480 e. The number of amides is 1. The van der Waals surface area contributed by atoms with Gasteiger partial charge in [0.2, 0.25) is 0 Å².